The van der Waals surface area contributed by atoms with E-state index in [-0.39, 0.29) is 19.1 Å². The van der Waals surface area contributed by atoms with Gasteiger partial charge in [0.25, 0.3) is 11.8 Å². The van der Waals surface area contributed by atoms with E-state index < -0.39 is 5.91 Å². The number of carbonyl (C=O) groups excluding carboxylic acids is 2. The van der Waals surface area contributed by atoms with Crippen LogP contribution in [0.5, 0.6) is 5.75 Å². The third kappa shape index (κ3) is 5.23. The molecule has 0 aliphatic carbocycles. The lowest BCUT2D eigenvalue weighted by atomic mass is 10.1. The predicted octanol–water partition coefficient (Wildman–Crippen LogP) is 1.91. The number of nitrogens with zero attached hydrogens (tertiary/aromatic N) is 3. The second-order valence-corrected chi connectivity index (χ2v) is 6.69. The van der Waals surface area contributed by atoms with Crippen molar-refractivity contribution in [1.29, 1.82) is 5.26 Å². The highest BCUT2D eigenvalue weighted by molar-refractivity contribution is 5.92. The van der Waals surface area contributed by atoms with Crippen molar-refractivity contribution in [2.24, 2.45) is 5.73 Å². The van der Waals surface area contributed by atoms with Gasteiger partial charge in [0.05, 0.1) is 23.9 Å². The van der Waals surface area contributed by atoms with E-state index in [1.54, 1.807) is 22.9 Å². The topological polar surface area (TPSA) is 123 Å². The largest absolute Gasteiger partial charge is 0.483 e. The summed E-state index contributed by atoms with van der Waals surface area (Å²) < 4.78 is 7.05. The molecule has 0 saturated heterocycles. The molecule has 1 aromatic heterocycles. The number of hydrogen-bond donors (Lipinski definition) is 2. The molecule has 3 N–H and O–H groups in total. The fourth-order valence-electron chi connectivity index (χ4n) is 2.92. The summed E-state index contributed by atoms with van der Waals surface area (Å²) in [5.74, 6) is -0.605. The molecule has 8 heteroatoms. The highest BCUT2D eigenvalue weighted by Gasteiger charge is 2.15. The number of nitriles is 1. The van der Waals surface area contributed by atoms with Crippen molar-refractivity contribution in [3.63, 3.8) is 0 Å². The maximum Gasteiger partial charge on any atom is 0.269 e. The number of aromatic nitrogens is 2. The lowest BCUT2D eigenvalue weighted by Gasteiger charge is -2.12. The molecule has 1 heterocycles. The quantitative estimate of drug-likeness (QED) is 0.595. The van der Waals surface area contributed by atoms with Gasteiger partial charge in [-0.2, -0.15) is 10.4 Å². The molecule has 3 rings (SSSR count). The van der Waals surface area contributed by atoms with Gasteiger partial charge in [-0.25, -0.2) is 0 Å². The van der Waals surface area contributed by atoms with Crippen LogP contribution in [0.4, 0.5) is 0 Å². The Morgan fingerprint density at radius 3 is 2.67 bits per heavy atom. The van der Waals surface area contributed by atoms with E-state index in [4.69, 9.17) is 15.7 Å². The summed E-state index contributed by atoms with van der Waals surface area (Å²) in [7, 11) is 0. The van der Waals surface area contributed by atoms with Crippen molar-refractivity contribution in [2.45, 2.75) is 20.0 Å². The summed E-state index contributed by atoms with van der Waals surface area (Å²) in [6.45, 7) is 2.13. The molecule has 0 radical (unpaired) electrons. The van der Waals surface area contributed by atoms with Gasteiger partial charge in [-0.3, -0.25) is 14.3 Å². The Balaban J connectivity index is 1.75. The normalized spacial score (nSPS) is 10.3. The molecule has 0 aliphatic rings. The first-order valence-electron chi connectivity index (χ1n) is 9.27. The summed E-state index contributed by atoms with van der Waals surface area (Å²) in [6.07, 6.45) is 0. The molecule has 8 nitrogen and oxygen atoms in total. The predicted molar refractivity (Wildman–Crippen MR) is 110 cm³/mol. The van der Waals surface area contributed by atoms with Crippen molar-refractivity contribution in [2.75, 3.05) is 6.61 Å². The van der Waals surface area contributed by atoms with Crippen molar-refractivity contribution in [3.8, 4) is 11.8 Å². The average molecular weight is 403 g/mol. The van der Waals surface area contributed by atoms with Crippen molar-refractivity contribution < 1.29 is 14.3 Å². The van der Waals surface area contributed by atoms with Crippen LogP contribution in [0.25, 0.3) is 0 Å². The van der Waals surface area contributed by atoms with Gasteiger partial charge in [-0.15, -0.1) is 0 Å². The zero-order valence-corrected chi connectivity index (χ0v) is 16.5. The van der Waals surface area contributed by atoms with Crippen LogP contribution in [0.15, 0.2) is 54.6 Å². The molecule has 0 spiro atoms. The summed E-state index contributed by atoms with van der Waals surface area (Å²) >= 11 is 0. The number of ether oxygens (including phenoxy) is 1. The van der Waals surface area contributed by atoms with Gasteiger partial charge in [0.2, 0.25) is 0 Å². The van der Waals surface area contributed by atoms with Gasteiger partial charge in [0, 0.05) is 12.1 Å². The fraction of sp³-hybridized carbons (Fsp3) is 0.182. The summed E-state index contributed by atoms with van der Waals surface area (Å²) in [5, 5.41) is 16.3. The SMILES string of the molecule is Cc1cc(C(=O)NCc2ccc(C#N)cc2OCC(N)=O)n(Cc2ccccc2)n1. The van der Waals surface area contributed by atoms with E-state index in [9.17, 15) is 9.59 Å². The molecular formula is C22H21N5O3. The van der Waals surface area contributed by atoms with E-state index in [0.29, 0.717) is 29.1 Å². The van der Waals surface area contributed by atoms with E-state index in [2.05, 4.69) is 10.4 Å². The monoisotopic (exact) mass is 403 g/mol. The molecule has 30 heavy (non-hydrogen) atoms. The Morgan fingerprint density at radius 2 is 1.97 bits per heavy atom. The van der Waals surface area contributed by atoms with Crippen molar-refractivity contribution in [1.82, 2.24) is 15.1 Å². The van der Waals surface area contributed by atoms with Gasteiger partial charge >= 0.3 is 0 Å². The minimum absolute atomic E-state index is 0.147. The molecule has 0 aliphatic heterocycles. The number of carbonyl (C=O) groups is 2. The molecule has 0 unspecified atom stereocenters. The van der Waals surface area contributed by atoms with E-state index in [1.807, 2.05) is 43.3 Å². The van der Waals surface area contributed by atoms with Crippen LogP contribution in [-0.4, -0.2) is 28.2 Å². The van der Waals surface area contributed by atoms with E-state index in [1.165, 1.54) is 6.07 Å². The maximum atomic E-state index is 12.8. The van der Waals surface area contributed by atoms with Gasteiger partial charge < -0.3 is 15.8 Å². The van der Waals surface area contributed by atoms with Crippen LogP contribution >= 0.6 is 0 Å². The molecule has 0 fully saturated rings. The third-order valence-corrected chi connectivity index (χ3v) is 4.32. The highest BCUT2D eigenvalue weighted by atomic mass is 16.5. The summed E-state index contributed by atoms with van der Waals surface area (Å²) in [5.41, 5.74) is 8.33. The molecule has 0 saturated carbocycles. The number of benzene rings is 2. The first kappa shape index (κ1) is 20.6. The van der Waals surface area contributed by atoms with Gasteiger partial charge in [0.1, 0.15) is 11.4 Å². The number of nitrogens with one attached hydrogen (secondary N) is 1. The summed E-state index contributed by atoms with van der Waals surface area (Å²) in [6, 6.07) is 18.3. The zero-order valence-electron chi connectivity index (χ0n) is 16.5. The Kier molecular flexibility index (Phi) is 6.45. The average Bonchev–Trinajstić information content (AvgIpc) is 3.11. The number of amides is 2. The molecule has 0 bridgehead atoms. The van der Waals surface area contributed by atoms with Crippen molar-refractivity contribution in [3.05, 3.63) is 82.7 Å². The first-order chi connectivity index (χ1) is 14.5. The standard InChI is InChI=1S/C22H21N5O3/c1-15-9-19(27(26-15)13-16-5-3-2-4-6-16)22(29)25-12-18-8-7-17(11-23)10-20(18)30-14-21(24)28/h2-10H,12-14H2,1H3,(H2,24,28)(H,25,29). The van der Waals surface area contributed by atoms with Crippen LogP contribution in [0.1, 0.15) is 32.9 Å². The Labute approximate surface area is 173 Å². The minimum Gasteiger partial charge on any atom is -0.483 e. The molecule has 3 aromatic rings. The Hall–Kier alpha value is -4.12. The zero-order chi connectivity index (χ0) is 21.5. The minimum atomic E-state index is -0.632. The number of hydrogen-bond acceptors (Lipinski definition) is 5. The van der Waals surface area contributed by atoms with Crippen LogP contribution in [-0.2, 0) is 17.9 Å². The number of aryl methyl sites for hydroxylation is 1. The molecule has 2 aromatic carbocycles. The second kappa shape index (κ2) is 9.39. The first-order valence-corrected chi connectivity index (χ1v) is 9.27. The van der Waals surface area contributed by atoms with Crippen LogP contribution in [0, 0.1) is 18.3 Å². The molecule has 0 atom stereocenters. The van der Waals surface area contributed by atoms with Gasteiger partial charge in [-0.1, -0.05) is 36.4 Å². The van der Waals surface area contributed by atoms with Crippen LogP contribution in [0.3, 0.4) is 0 Å². The summed E-state index contributed by atoms with van der Waals surface area (Å²) in [4.78, 5) is 23.8. The molecular weight excluding hydrogens is 382 g/mol. The third-order valence-electron chi connectivity index (χ3n) is 4.32. The number of rotatable bonds is 8. The van der Waals surface area contributed by atoms with Crippen LogP contribution in [0.2, 0.25) is 0 Å². The molecule has 2 amide bonds. The fourth-order valence-corrected chi connectivity index (χ4v) is 2.92. The number of primary amides is 1. The molecule has 152 valence electrons. The van der Waals surface area contributed by atoms with Gasteiger partial charge in [-0.05, 0) is 30.7 Å². The van der Waals surface area contributed by atoms with E-state index in [0.717, 1.165) is 11.3 Å². The Morgan fingerprint density at radius 1 is 1.20 bits per heavy atom. The lowest BCUT2D eigenvalue weighted by molar-refractivity contribution is -0.119. The van der Waals surface area contributed by atoms with E-state index >= 15 is 0 Å². The smallest absolute Gasteiger partial charge is 0.269 e. The van der Waals surface area contributed by atoms with Crippen LogP contribution < -0.4 is 15.8 Å². The maximum absolute atomic E-state index is 12.8. The van der Waals surface area contributed by atoms with Gasteiger partial charge in [0.15, 0.2) is 6.61 Å². The highest BCUT2D eigenvalue weighted by Crippen LogP contribution is 2.20. The lowest BCUT2D eigenvalue weighted by Crippen LogP contribution is -2.26. The Bertz CT molecular complexity index is 1100. The second-order valence-electron chi connectivity index (χ2n) is 6.69. The van der Waals surface area contributed by atoms with Crippen molar-refractivity contribution >= 4 is 11.8 Å². The number of nitrogens with two attached hydrogens (primary N) is 1.